The lowest BCUT2D eigenvalue weighted by molar-refractivity contribution is 0.0785. The van der Waals surface area contributed by atoms with Gasteiger partial charge in [0, 0.05) is 24.2 Å². The highest BCUT2D eigenvalue weighted by molar-refractivity contribution is 7.09. The molecule has 0 aliphatic rings. The van der Waals surface area contributed by atoms with Gasteiger partial charge < -0.3 is 4.90 Å². The van der Waals surface area contributed by atoms with E-state index >= 15 is 0 Å². The van der Waals surface area contributed by atoms with Crippen molar-refractivity contribution >= 4 is 17.2 Å². The number of aryl methyl sites for hydroxylation is 1. The Bertz CT molecular complexity index is 1090. The Morgan fingerprint density at radius 3 is 2.79 bits per heavy atom. The Hall–Kier alpha value is -3.39. The van der Waals surface area contributed by atoms with Gasteiger partial charge in [-0.15, -0.1) is 16.4 Å². The zero-order valence-corrected chi connectivity index (χ0v) is 16.3. The lowest BCUT2D eigenvalue weighted by Gasteiger charge is -2.17. The number of carbonyl (C=O) groups excluding carboxylic acids is 1. The van der Waals surface area contributed by atoms with Crippen LogP contribution >= 0.6 is 11.3 Å². The van der Waals surface area contributed by atoms with Gasteiger partial charge in [-0.05, 0) is 52.2 Å². The standard InChI is InChI=1S/C20H18N6OS/c1-14-5-3-4-6-18(14)15-9-16(11-17(10-15)26-13-22-23-24-26)20(27)25(2)12-19-21-7-8-28-19/h3-11,13H,12H2,1-2H3. The van der Waals surface area contributed by atoms with E-state index < -0.39 is 0 Å². The lowest BCUT2D eigenvalue weighted by Crippen LogP contribution is -2.26. The number of hydrogen-bond acceptors (Lipinski definition) is 6. The molecule has 140 valence electrons. The number of aromatic nitrogens is 5. The van der Waals surface area contributed by atoms with Gasteiger partial charge in [0.05, 0.1) is 12.2 Å². The molecular formula is C20H18N6OS. The second kappa shape index (κ2) is 7.69. The van der Waals surface area contributed by atoms with Gasteiger partial charge in [0.1, 0.15) is 11.3 Å². The van der Waals surface area contributed by atoms with Gasteiger partial charge in [0.2, 0.25) is 0 Å². The average molecular weight is 390 g/mol. The summed E-state index contributed by atoms with van der Waals surface area (Å²) in [7, 11) is 1.78. The number of carbonyl (C=O) groups is 1. The molecule has 0 fully saturated rings. The quantitative estimate of drug-likeness (QED) is 0.522. The van der Waals surface area contributed by atoms with Crippen LogP contribution in [0.2, 0.25) is 0 Å². The molecule has 0 aliphatic carbocycles. The van der Waals surface area contributed by atoms with Gasteiger partial charge in [-0.25, -0.2) is 9.67 Å². The van der Waals surface area contributed by atoms with Crippen molar-refractivity contribution in [3.05, 3.63) is 76.5 Å². The molecule has 0 saturated heterocycles. The first-order valence-corrected chi connectivity index (χ1v) is 9.58. The number of tetrazole rings is 1. The van der Waals surface area contributed by atoms with Crippen molar-refractivity contribution < 1.29 is 4.79 Å². The zero-order chi connectivity index (χ0) is 19.5. The zero-order valence-electron chi connectivity index (χ0n) is 15.5. The van der Waals surface area contributed by atoms with Gasteiger partial charge in [-0.1, -0.05) is 24.3 Å². The van der Waals surface area contributed by atoms with Crippen LogP contribution in [0.1, 0.15) is 20.9 Å². The van der Waals surface area contributed by atoms with E-state index in [1.807, 2.05) is 35.7 Å². The molecule has 1 amide bonds. The molecule has 28 heavy (non-hydrogen) atoms. The SMILES string of the molecule is Cc1ccccc1-c1cc(C(=O)N(C)Cc2nccs2)cc(-n2cnnn2)c1. The largest absolute Gasteiger partial charge is 0.335 e. The maximum atomic E-state index is 13.1. The molecule has 2 aromatic carbocycles. The molecule has 0 radical (unpaired) electrons. The lowest BCUT2D eigenvalue weighted by atomic mass is 9.97. The summed E-state index contributed by atoms with van der Waals surface area (Å²) in [5, 5.41) is 14.2. The number of benzene rings is 2. The smallest absolute Gasteiger partial charge is 0.254 e. The maximum Gasteiger partial charge on any atom is 0.254 e. The Kier molecular flexibility index (Phi) is 4.94. The van der Waals surface area contributed by atoms with Gasteiger partial charge >= 0.3 is 0 Å². The van der Waals surface area contributed by atoms with E-state index in [9.17, 15) is 4.79 Å². The van der Waals surface area contributed by atoms with Crippen molar-refractivity contribution in [2.45, 2.75) is 13.5 Å². The van der Waals surface area contributed by atoms with E-state index in [1.54, 1.807) is 28.9 Å². The molecular weight excluding hydrogens is 372 g/mol. The fourth-order valence-corrected chi connectivity index (χ4v) is 3.69. The first-order valence-electron chi connectivity index (χ1n) is 8.70. The van der Waals surface area contributed by atoms with Gasteiger partial charge in [0.25, 0.3) is 5.91 Å². The Morgan fingerprint density at radius 2 is 2.07 bits per heavy atom. The van der Waals surface area contributed by atoms with Crippen molar-refractivity contribution in [3.63, 3.8) is 0 Å². The predicted octanol–water partition coefficient (Wildman–Crippen LogP) is 3.37. The monoisotopic (exact) mass is 390 g/mol. The summed E-state index contributed by atoms with van der Waals surface area (Å²) in [5.74, 6) is -0.0834. The summed E-state index contributed by atoms with van der Waals surface area (Å²) >= 11 is 1.53. The minimum atomic E-state index is -0.0834. The Morgan fingerprint density at radius 1 is 1.21 bits per heavy atom. The number of rotatable bonds is 5. The van der Waals surface area contributed by atoms with Crippen molar-refractivity contribution in [1.29, 1.82) is 0 Å². The van der Waals surface area contributed by atoms with Crippen LogP contribution in [0.25, 0.3) is 16.8 Å². The summed E-state index contributed by atoms with van der Waals surface area (Å²) in [4.78, 5) is 19.0. The maximum absolute atomic E-state index is 13.1. The molecule has 0 saturated carbocycles. The highest BCUT2D eigenvalue weighted by atomic mass is 32.1. The van der Waals surface area contributed by atoms with Crippen molar-refractivity contribution in [2.24, 2.45) is 0 Å². The van der Waals surface area contributed by atoms with Crippen LogP contribution in [-0.2, 0) is 6.54 Å². The fraction of sp³-hybridized carbons (Fsp3) is 0.150. The van der Waals surface area contributed by atoms with E-state index in [2.05, 4.69) is 33.5 Å². The average Bonchev–Trinajstić information content (AvgIpc) is 3.41. The number of hydrogen-bond donors (Lipinski definition) is 0. The molecule has 8 heteroatoms. The van der Waals surface area contributed by atoms with Crippen LogP contribution in [-0.4, -0.2) is 43.0 Å². The number of amides is 1. The molecule has 0 bridgehead atoms. The molecule has 0 spiro atoms. The number of thiazole rings is 1. The summed E-state index contributed by atoms with van der Waals surface area (Å²) in [6.07, 6.45) is 3.26. The van der Waals surface area contributed by atoms with E-state index in [0.717, 1.165) is 27.4 Å². The van der Waals surface area contributed by atoms with Crippen molar-refractivity contribution in [1.82, 2.24) is 30.1 Å². The third kappa shape index (κ3) is 3.67. The summed E-state index contributed by atoms with van der Waals surface area (Å²) in [6.45, 7) is 2.51. The van der Waals surface area contributed by atoms with Crippen molar-refractivity contribution in [2.75, 3.05) is 7.05 Å². The Balaban J connectivity index is 1.76. The number of nitrogens with zero attached hydrogens (tertiary/aromatic N) is 6. The van der Waals surface area contributed by atoms with Crippen LogP contribution in [0.3, 0.4) is 0 Å². The van der Waals surface area contributed by atoms with Crippen LogP contribution in [0.5, 0.6) is 0 Å². The van der Waals surface area contributed by atoms with E-state index in [4.69, 9.17) is 0 Å². The summed E-state index contributed by atoms with van der Waals surface area (Å²) < 4.78 is 1.55. The second-order valence-electron chi connectivity index (χ2n) is 6.42. The molecule has 2 heterocycles. The second-order valence-corrected chi connectivity index (χ2v) is 7.40. The summed E-state index contributed by atoms with van der Waals surface area (Å²) in [6, 6.07) is 13.8. The van der Waals surface area contributed by atoms with Gasteiger partial charge in [-0.2, -0.15) is 0 Å². The third-order valence-electron chi connectivity index (χ3n) is 4.44. The van der Waals surface area contributed by atoms with Crippen LogP contribution in [0.4, 0.5) is 0 Å². The Labute approximate surface area is 166 Å². The van der Waals surface area contributed by atoms with Crippen molar-refractivity contribution in [3.8, 4) is 16.8 Å². The fourth-order valence-electron chi connectivity index (χ4n) is 3.02. The topological polar surface area (TPSA) is 76.8 Å². The summed E-state index contributed by atoms with van der Waals surface area (Å²) in [5.41, 5.74) is 4.44. The first kappa shape index (κ1) is 18.0. The van der Waals surface area contributed by atoms with E-state index in [-0.39, 0.29) is 5.91 Å². The highest BCUT2D eigenvalue weighted by Crippen LogP contribution is 2.27. The molecule has 4 rings (SSSR count). The van der Waals surface area contributed by atoms with Crippen LogP contribution in [0.15, 0.2) is 60.4 Å². The molecule has 0 aliphatic heterocycles. The van der Waals surface area contributed by atoms with Gasteiger partial charge in [-0.3, -0.25) is 4.79 Å². The van der Waals surface area contributed by atoms with E-state index in [1.165, 1.54) is 17.7 Å². The predicted molar refractivity (Wildman–Crippen MR) is 107 cm³/mol. The molecule has 0 N–H and O–H groups in total. The van der Waals surface area contributed by atoms with Crippen LogP contribution in [0, 0.1) is 6.92 Å². The van der Waals surface area contributed by atoms with Crippen LogP contribution < -0.4 is 0 Å². The molecule has 4 aromatic rings. The molecule has 0 atom stereocenters. The normalized spacial score (nSPS) is 10.8. The molecule has 7 nitrogen and oxygen atoms in total. The minimum Gasteiger partial charge on any atom is -0.335 e. The highest BCUT2D eigenvalue weighted by Gasteiger charge is 2.17. The molecule has 2 aromatic heterocycles. The first-order chi connectivity index (χ1) is 13.6. The van der Waals surface area contributed by atoms with Gasteiger partial charge in [0.15, 0.2) is 0 Å². The van der Waals surface area contributed by atoms with E-state index in [0.29, 0.717) is 12.1 Å². The molecule has 0 unspecified atom stereocenters. The minimum absolute atomic E-state index is 0.0834. The third-order valence-corrected chi connectivity index (χ3v) is 5.20.